The molecule has 3 N–H and O–H groups in total. The number of carbonyl (C=O) groups excluding carboxylic acids is 2. The second-order valence-electron chi connectivity index (χ2n) is 3.33. The van der Waals surface area contributed by atoms with Crippen molar-refractivity contribution in [1.82, 2.24) is 10.0 Å². The van der Waals surface area contributed by atoms with Crippen LogP contribution in [0.15, 0.2) is 30.3 Å². The Morgan fingerprint density at radius 2 is 1.84 bits per heavy atom. The summed E-state index contributed by atoms with van der Waals surface area (Å²) in [4.78, 5) is 22.0. The number of amides is 2. The van der Waals surface area contributed by atoms with Crippen LogP contribution >= 0.6 is 0 Å². The second-order valence-corrected chi connectivity index (χ2v) is 4.75. The summed E-state index contributed by atoms with van der Waals surface area (Å²) in [5.74, 6) is -0.691. The first-order valence-corrected chi connectivity index (χ1v) is 6.61. The Kier molecular flexibility index (Phi) is 5.12. The van der Waals surface area contributed by atoms with E-state index in [9.17, 15) is 18.0 Å². The SMILES string of the molecule is COC(=O)CNC(=O)NS(=O)(=O)Nc1ccccc1. The zero-order valence-corrected chi connectivity index (χ0v) is 10.9. The molecule has 0 unspecified atom stereocenters. The van der Waals surface area contributed by atoms with Crippen LogP contribution < -0.4 is 14.8 Å². The lowest BCUT2D eigenvalue weighted by Crippen LogP contribution is -2.44. The molecule has 0 saturated heterocycles. The van der Waals surface area contributed by atoms with Gasteiger partial charge in [-0.3, -0.25) is 9.52 Å². The van der Waals surface area contributed by atoms with Gasteiger partial charge in [0.15, 0.2) is 0 Å². The van der Waals surface area contributed by atoms with Gasteiger partial charge in [-0.2, -0.15) is 8.42 Å². The fourth-order valence-electron chi connectivity index (χ4n) is 1.07. The van der Waals surface area contributed by atoms with Gasteiger partial charge in [0, 0.05) is 0 Å². The molecule has 0 spiro atoms. The first-order chi connectivity index (χ1) is 8.93. The van der Waals surface area contributed by atoms with E-state index in [2.05, 4.69) is 9.46 Å². The minimum Gasteiger partial charge on any atom is -0.468 e. The molecule has 8 nitrogen and oxygen atoms in total. The Bertz CT molecular complexity index is 544. The lowest BCUT2D eigenvalue weighted by molar-refractivity contribution is -0.139. The number of nitrogens with one attached hydrogen (secondary N) is 3. The van der Waals surface area contributed by atoms with E-state index in [1.165, 1.54) is 12.1 Å². The summed E-state index contributed by atoms with van der Waals surface area (Å²) in [7, 11) is -2.90. The highest BCUT2D eigenvalue weighted by Crippen LogP contribution is 2.06. The summed E-state index contributed by atoms with van der Waals surface area (Å²) in [6, 6.07) is 6.99. The summed E-state index contributed by atoms with van der Waals surface area (Å²) in [6.45, 7) is -0.427. The fourth-order valence-corrected chi connectivity index (χ4v) is 1.88. The number of anilines is 1. The predicted molar refractivity (Wildman–Crippen MR) is 67.5 cm³/mol. The first-order valence-electron chi connectivity index (χ1n) is 5.13. The van der Waals surface area contributed by atoms with Crippen LogP contribution in [0, 0.1) is 0 Å². The molecule has 1 aromatic rings. The molecule has 104 valence electrons. The van der Waals surface area contributed by atoms with E-state index >= 15 is 0 Å². The second kappa shape index (κ2) is 6.59. The normalized spacial score (nSPS) is 10.4. The largest absolute Gasteiger partial charge is 0.468 e. The molecular formula is C10H13N3O5S. The lowest BCUT2D eigenvalue weighted by atomic mass is 10.3. The molecule has 0 aliphatic carbocycles. The third-order valence-corrected chi connectivity index (χ3v) is 2.83. The standard InChI is InChI=1S/C10H13N3O5S/c1-18-9(14)7-11-10(15)13-19(16,17)12-8-5-3-2-4-6-8/h2-6,12H,7H2,1H3,(H2,11,13,15). The Balaban J connectivity index is 2.51. The van der Waals surface area contributed by atoms with Gasteiger partial charge >= 0.3 is 22.2 Å². The molecule has 0 bridgehead atoms. The third kappa shape index (κ3) is 5.73. The van der Waals surface area contributed by atoms with Crippen LogP contribution in [0.5, 0.6) is 0 Å². The van der Waals surface area contributed by atoms with E-state index < -0.39 is 28.8 Å². The number of esters is 1. The van der Waals surface area contributed by atoms with Crippen molar-refractivity contribution in [1.29, 1.82) is 0 Å². The van der Waals surface area contributed by atoms with Gasteiger partial charge in [0.25, 0.3) is 0 Å². The van der Waals surface area contributed by atoms with Gasteiger partial charge in [-0.15, -0.1) is 0 Å². The maximum absolute atomic E-state index is 11.5. The predicted octanol–water partition coefficient (Wildman–Crippen LogP) is -0.184. The molecule has 0 aromatic heterocycles. The average Bonchev–Trinajstić information content (AvgIpc) is 2.36. The molecule has 0 radical (unpaired) electrons. The van der Waals surface area contributed by atoms with Crippen molar-refractivity contribution >= 4 is 27.9 Å². The maximum atomic E-state index is 11.5. The molecule has 1 aromatic carbocycles. The lowest BCUT2D eigenvalue weighted by Gasteiger charge is -2.09. The highest BCUT2D eigenvalue weighted by atomic mass is 32.2. The van der Waals surface area contributed by atoms with E-state index in [1.54, 1.807) is 22.9 Å². The van der Waals surface area contributed by atoms with Crippen molar-refractivity contribution in [3.8, 4) is 0 Å². The smallest absolute Gasteiger partial charge is 0.330 e. The van der Waals surface area contributed by atoms with E-state index in [-0.39, 0.29) is 0 Å². The fraction of sp³-hybridized carbons (Fsp3) is 0.200. The minimum atomic E-state index is -4.05. The van der Waals surface area contributed by atoms with Crippen LogP contribution in [0.2, 0.25) is 0 Å². The Morgan fingerprint density at radius 3 is 2.42 bits per heavy atom. The Hall–Kier alpha value is -2.29. The third-order valence-electron chi connectivity index (χ3n) is 1.87. The van der Waals surface area contributed by atoms with Crippen LogP contribution in [0.4, 0.5) is 10.5 Å². The number of hydrogen-bond donors (Lipinski definition) is 3. The number of rotatable bonds is 5. The number of methoxy groups -OCH3 is 1. The number of urea groups is 1. The number of hydrogen-bond acceptors (Lipinski definition) is 5. The molecule has 19 heavy (non-hydrogen) atoms. The van der Waals surface area contributed by atoms with Gasteiger partial charge in [-0.05, 0) is 12.1 Å². The van der Waals surface area contributed by atoms with Gasteiger partial charge in [0.05, 0.1) is 12.8 Å². The monoisotopic (exact) mass is 287 g/mol. The van der Waals surface area contributed by atoms with Crippen LogP contribution in [-0.4, -0.2) is 34.1 Å². The van der Waals surface area contributed by atoms with Crippen molar-refractivity contribution in [3.05, 3.63) is 30.3 Å². The van der Waals surface area contributed by atoms with Gasteiger partial charge in [0.2, 0.25) is 0 Å². The van der Waals surface area contributed by atoms with Gasteiger partial charge in [0.1, 0.15) is 6.54 Å². The summed E-state index contributed by atoms with van der Waals surface area (Å²) in [5, 5.41) is 2.03. The minimum absolute atomic E-state index is 0.302. The van der Waals surface area contributed by atoms with Crippen molar-refractivity contribution in [2.24, 2.45) is 0 Å². The average molecular weight is 287 g/mol. The van der Waals surface area contributed by atoms with E-state index in [0.717, 1.165) is 7.11 Å². The highest BCUT2D eigenvalue weighted by Gasteiger charge is 2.14. The van der Waals surface area contributed by atoms with E-state index in [1.807, 2.05) is 5.32 Å². The number of carbonyl (C=O) groups is 2. The molecule has 0 aliphatic heterocycles. The van der Waals surface area contributed by atoms with Crippen LogP contribution in [0.25, 0.3) is 0 Å². The van der Waals surface area contributed by atoms with E-state index in [0.29, 0.717) is 5.69 Å². The van der Waals surface area contributed by atoms with Gasteiger partial charge < -0.3 is 10.1 Å². The van der Waals surface area contributed by atoms with Gasteiger partial charge in [-0.25, -0.2) is 9.52 Å². The summed E-state index contributed by atoms with van der Waals surface area (Å²) < 4.78 is 31.2. The summed E-state index contributed by atoms with van der Waals surface area (Å²) in [6.07, 6.45) is 0. The molecular weight excluding hydrogens is 274 g/mol. The zero-order valence-electron chi connectivity index (χ0n) is 10.0. The van der Waals surface area contributed by atoms with Crippen LogP contribution in [0.1, 0.15) is 0 Å². The number of benzene rings is 1. The quantitative estimate of drug-likeness (QED) is 0.650. The van der Waals surface area contributed by atoms with Crippen molar-refractivity contribution in [3.63, 3.8) is 0 Å². The Morgan fingerprint density at radius 1 is 1.21 bits per heavy atom. The summed E-state index contributed by atoms with van der Waals surface area (Å²) in [5.41, 5.74) is 0.302. The van der Waals surface area contributed by atoms with Crippen LogP contribution in [-0.2, 0) is 19.7 Å². The molecule has 0 saturated carbocycles. The van der Waals surface area contributed by atoms with E-state index in [4.69, 9.17) is 0 Å². The molecule has 0 aliphatic rings. The molecule has 1 rings (SSSR count). The molecule has 2 amide bonds. The van der Waals surface area contributed by atoms with Crippen molar-refractivity contribution in [2.45, 2.75) is 0 Å². The Labute approximate surface area is 110 Å². The molecule has 9 heteroatoms. The van der Waals surface area contributed by atoms with Crippen LogP contribution in [0.3, 0.4) is 0 Å². The first kappa shape index (κ1) is 14.8. The van der Waals surface area contributed by atoms with Crippen molar-refractivity contribution in [2.75, 3.05) is 18.4 Å². The maximum Gasteiger partial charge on any atom is 0.330 e. The number of ether oxygens (including phenoxy) is 1. The zero-order chi connectivity index (χ0) is 14.3. The molecule has 0 atom stereocenters. The molecule has 0 heterocycles. The topological polar surface area (TPSA) is 114 Å². The van der Waals surface area contributed by atoms with Gasteiger partial charge in [-0.1, -0.05) is 18.2 Å². The summed E-state index contributed by atoms with van der Waals surface area (Å²) >= 11 is 0. The highest BCUT2D eigenvalue weighted by molar-refractivity contribution is 7.91. The molecule has 0 fully saturated rings. The number of para-hydroxylation sites is 1. The van der Waals surface area contributed by atoms with Crippen molar-refractivity contribution < 1.29 is 22.7 Å².